The molecule has 0 bridgehead atoms. The maximum absolute atomic E-state index is 12.2. The largest absolute Gasteiger partial charge is 0.333 e. The number of halogens is 1. The Kier molecular flexibility index (Phi) is 4.02. The van der Waals surface area contributed by atoms with E-state index in [0.29, 0.717) is 11.6 Å². The van der Waals surface area contributed by atoms with Gasteiger partial charge in [0, 0.05) is 17.1 Å². The lowest BCUT2D eigenvalue weighted by Gasteiger charge is -2.24. The van der Waals surface area contributed by atoms with E-state index in [4.69, 9.17) is 11.6 Å². The summed E-state index contributed by atoms with van der Waals surface area (Å²) in [5.41, 5.74) is 2.70. The van der Waals surface area contributed by atoms with Gasteiger partial charge in [-0.3, -0.25) is 0 Å². The van der Waals surface area contributed by atoms with E-state index in [0.717, 1.165) is 35.5 Å². The van der Waals surface area contributed by atoms with E-state index in [9.17, 15) is 4.79 Å². The van der Waals surface area contributed by atoms with Gasteiger partial charge in [0.2, 0.25) is 0 Å². The number of fused-ring (bicyclic) bond motifs is 1. The van der Waals surface area contributed by atoms with Crippen molar-refractivity contribution in [3.8, 4) is 0 Å². The van der Waals surface area contributed by atoms with E-state index >= 15 is 0 Å². The molecule has 2 heterocycles. The highest BCUT2D eigenvalue weighted by Crippen LogP contribution is 2.24. The molecule has 0 radical (unpaired) electrons. The number of aromatic nitrogens is 3. The molecule has 6 nitrogen and oxygen atoms in total. The molecule has 2 amide bonds. The van der Waals surface area contributed by atoms with E-state index in [1.165, 1.54) is 0 Å². The van der Waals surface area contributed by atoms with Crippen LogP contribution >= 0.6 is 11.6 Å². The Morgan fingerprint density at radius 3 is 2.82 bits per heavy atom. The lowest BCUT2D eigenvalue weighted by molar-refractivity contribution is 0.243. The molecular formula is C15H18ClN5O. The molecule has 1 aliphatic heterocycles. The lowest BCUT2D eigenvalue weighted by Crippen LogP contribution is -2.43. The quantitative estimate of drug-likeness (QED) is 0.894. The highest BCUT2D eigenvalue weighted by Gasteiger charge is 2.21. The van der Waals surface area contributed by atoms with E-state index in [-0.39, 0.29) is 12.1 Å². The number of anilines is 1. The second-order valence-corrected chi connectivity index (χ2v) is 6.04. The summed E-state index contributed by atoms with van der Waals surface area (Å²) >= 11 is 6.01. The van der Waals surface area contributed by atoms with Crippen LogP contribution in [0.3, 0.4) is 0 Å². The van der Waals surface area contributed by atoms with Crippen LogP contribution in [-0.2, 0) is 13.0 Å². The zero-order valence-electron chi connectivity index (χ0n) is 12.6. The highest BCUT2D eigenvalue weighted by atomic mass is 35.5. The third kappa shape index (κ3) is 3.06. The fourth-order valence-corrected chi connectivity index (χ4v) is 3.13. The predicted molar refractivity (Wildman–Crippen MR) is 85.2 cm³/mol. The first-order valence-electron chi connectivity index (χ1n) is 7.24. The monoisotopic (exact) mass is 319 g/mol. The summed E-state index contributed by atoms with van der Waals surface area (Å²) in [5, 5.41) is 10.7. The number of nitrogens with one attached hydrogen (secondary N) is 2. The Balaban J connectivity index is 1.64. The van der Waals surface area contributed by atoms with Crippen molar-refractivity contribution in [3.05, 3.63) is 40.4 Å². The van der Waals surface area contributed by atoms with Gasteiger partial charge in [-0.05, 0) is 43.5 Å². The van der Waals surface area contributed by atoms with Gasteiger partial charge in [-0.1, -0.05) is 11.6 Å². The summed E-state index contributed by atoms with van der Waals surface area (Å²) in [6, 6.07) is 3.53. The van der Waals surface area contributed by atoms with E-state index < -0.39 is 0 Å². The first-order valence-corrected chi connectivity index (χ1v) is 7.61. The molecule has 1 aromatic heterocycles. The second-order valence-electron chi connectivity index (χ2n) is 5.61. The predicted octanol–water partition coefficient (Wildman–Crippen LogP) is 2.68. The number of hydrogen-bond acceptors (Lipinski definition) is 3. The Hall–Kier alpha value is -2.08. The van der Waals surface area contributed by atoms with Gasteiger partial charge in [0.1, 0.15) is 12.2 Å². The molecule has 3 rings (SSSR count). The van der Waals surface area contributed by atoms with Crippen LogP contribution in [0, 0.1) is 13.8 Å². The van der Waals surface area contributed by atoms with E-state index in [1.54, 1.807) is 6.33 Å². The Bertz CT molecular complexity index is 689. The van der Waals surface area contributed by atoms with Gasteiger partial charge < -0.3 is 10.6 Å². The number of benzene rings is 1. The molecule has 0 aliphatic carbocycles. The fraction of sp³-hybridized carbons (Fsp3) is 0.400. The topological polar surface area (TPSA) is 71.8 Å². The zero-order chi connectivity index (χ0) is 15.7. The molecule has 2 N–H and O–H groups in total. The number of carbonyl (C=O) groups excluding carboxylic acids is 1. The average Bonchev–Trinajstić information content (AvgIpc) is 2.90. The number of aryl methyl sites for hydroxylation is 3. The molecule has 7 heteroatoms. The molecule has 22 heavy (non-hydrogen) atoms. The number of urea groups is 1. The summed E-state index contributed by atoms with van der Waals surface area (Å²) < 4.78 is 1.84. The van der Waals surface area contributed by atoms with Gasteiger partial charge in [-0.25, -0.2) is 14.5 Å². The number of hydrogen-bond donors (Lipinski definition) is 2. The fourth-order valence-electron chi connectivity index (χ4n) is 2.80. The van der Waals surface area contributed by atoms with Crippen molar-refractivity contribution in [2.24, 2.45) is 0 Å². The highest BCUT2D eigenvalue weighted by molar-refractivity contribution is 6.30. The molecule has 0 unspecified atom stereocenters. The van der Waals surface area contributed by atoms with Gasteiger partial charge in [0.25, 0.3) is 0 Å². The first kappa shape index (κ1) is 14.8. The van der Waals surface area contributed by atoms with Gasteiger partial charge in [0.05, 0.1) is 12.6 Å². The molecule has 1 atom stereocenters. The number of nitrogens with zero attached hydrogens (tertiary/aromatic N) is 3. The summed E-state index contributed by atoms with van der Waals surface area (Å²) in [5.74, 6) is 0.975. The summed E-state index contributed by atoms with van der Waals surface area (Å²) in [6.45, 7) is 4.51. The SMILES string of the molecule is Cc1cc(Cl)cc(C)c1NC(=O)N[C@@H]1CCc2ncnn2C1. The van der Waals surface area contributed by atoms with Crippen LogP contribution in [-0.4, -0.2) is 26.8 Å². The molecule has 0 saturated heterocycles. The van der Waals surface area contributed by atoms with Crippen LogP contribution < -0.4 is 10.6 Å². The van der Waals surface area contributed by atoms with Gasteiger partial charge >= 0.3 is 6.03 Å². The number of rotatable bonds is 2. The van der Waals surface area contributed by atoms with Crippen LogP contribution in [0.4, 0.5) is 10.5 Å². The lowest BCUT2D eigenvalue weighted by atomic mass is 10.1. The molecule has 0 saturated carbocycles. The van der Waals surface area contributed by atoms with E-state index in [1.807, 2.05) is 30.7 Å². The minimum absolute atomic E-state index is 0.0575. The molecule has 116 valence electrons. The summed E-state index contributed by atoms with van der Waals surface area (Å²) in [4.78, 5) is 16.4. The van der Waals surface area contributed by atoms with Crippen LogP contribution in [0.25, 0.3) is 0 Å². The third-order valence-electron chi connectivity index (χ3n) is 3.88. The molecule has 1 aliphatic rings. The van der Waals surface area contributed by atoms with E-state index in [2.05, 4.69) is 20.7 Å². The maximum atomic E-state index is 12.2. The van der Waals surface area contributed by atoms with Crippen LogP contribution in [0.5, 0.6) is 0 Å². The normalized spacial score (nSPS) is 17.0. The summed E-state index contributed by atoms with van der Waals surface area (Å²) in [6.07, 6.45) is 3.24. The Labute approximate surface area is 133 Å². The average molecular weight is 320 g/mol. The van der Waals surface area contributed by atoms with Crippen molar-refractivity contribution in [1.82, 2.24) is 20.1 Å². The smallest absolute Gasteiger partial charge is 0.319 e. The van der Waals surface area contributed by atoms with Crippen molar-refractivity contribution in [2.45, 2.75) is 39.3 Å². The Morgan fingerprint density at radius 1 is 1.36 bits per heavy atom. The van der Waals surface area contributed by atoms with Crippen LogP contribution in [0.2, 0.25) is 5.02 Å². The molecule has 1 aromatic carbocycles. The summed E-state index contributed by atoms with van der Waals surface area (Å²) in [7, 11) is 0. The Morgan fingerprint density at radius 2 is 2.09 bits per heavy atom. The zero-order valence-corrected chi connectivity index (χ0v) is 13.3. The third-order valence-corrected chi connectivity index (χ3v) is 4.09. The minimum atomic E-state index is -0.206. The second kappa shape index (κ2) is 5.96. The number of carbonyl (C=O) groups is 1. The van der Waals surface area contributed by atoms with Crippen molar-refractivity contribution < 1.29 is 4.79 Å². The van der Waals surface area contributed by atoms with Crippen molar-refractivity contribution >= 4 is 23.3 Å². The van der Waals surface area contributed by atoms with Gasteiger partial charge in [0.15, 0.2) is 0 Å². The van der Waals surface area contributed by atoms with Crippen LogP contribution in [0.15, 0.2) is 18.5 Å². The standard InChI is InChI=1S/C15H18ClN5O/c1-9-5-11(16)6-10(2)14(9)20-15(22)19-12-3-4-13-17-8-18-21(13)7-12/h5-6,8,12H,3-4,7H2,1-2H3,(H2,19,20,22)/t12-/m1/s1. The molecule has 2 aromatic rings. The molecule has 0 fully saturated rings. The van der Waals surface area contributed by atoms with Crippen LogP contribution in [0.1, 0.15) is 23.4 Å². The maximum Gasteiger partial charge on any atom is 0.319 e. The number of amides is 2. The first-order chi connectivity index (χ1) is 10.5. The molecular weight excluding hydrogens is 302 g/mol. The van der Waals surface area contributed by atoms with Crippen molar-refractivity contribution in [2.75, 3.05) is 5.32 Å². The van der Waals surface area contributed by atoms with Gasteiger partial charge in [-0.15, -0.1) is 0 Å². The molecule has 0 spiro atoms. The van der Waals surface area contributed by atoms with Crippen molar-refractivity contribution in [1.29, 1.82) is 0 Å². The van der Waals surface area contributed by atoms with Gasteiger partial charge in [-0.2, -0.15) is 5.10 Å². The van der Waals surface area contributed by atoms with Crippen molar-refractivity contribution in [3.63, 3.8) is 0 Å². The minimum Gasteiger partial charge on any atom is -0.333 e.